The summed E-state index contributed by atoms with van der Waals surface area (Å²) in [4.78, 5) is 17.3. The van der Waals surface area contributed by atoms with Gasteiger partial charge in [0, 0.05) is 11.3 Å². The average Bonchev–Trinajstić information content (AvgIpc) is 3.45. The van der Waals surface area contributed by atoms with Crippen LogP contribution in [-0.2, 0) is 5.75 Å². The second-order valence-electron chi connectivity index (χ2n) is 7.02. The van der Waals surface area contributed by atoms with E-state index in [0.717, 1.165) is 26.1 Å². The summed E-state index contributed by atoms with van der Waals surface area (Å²) in [5.41, 5.74) is 2.39. The summed E-state index contributed by atoms with van der Waals surface area (Å²) in [7, 11) is 0. The van der Waals surface area contributed by atoms with Gasteiger partial charge in [0.15, 0.2) is 15.3 Å². The van der Waals surface area contributed by atoms with E-state index in [1.165, 1.54) is 36.0 Å². The monoisotopic (exact) mass is 492 g/mol. The van der Waals surface area contributed by atoms with Gasteiger partial charge in [0.05, 0.1) is 21.7 Å². The molecule has 0 spiro atoms. The lowest BCUT2D eigenvalue weighted by molar-refractivity contribution is 0.102. The number of hydrogen-bond donors (Lipinski definition) is 0. The van der Waals surface area contributed by atoms with Gasteiger partial charge >= 0.3 is 0 Å². The molecular weight excluding hydrogens is 475 g/mol. The highest BCUT2D eigenvalue weighted by atomic mass is 32.2. The van der Waals surface area contributed by atoms with E-state index in [4.69, 9.17) is 0 Å². The largest absolute Gasteiger partial charge is 0.293 e. The first-order valence-corrected chi connectivity index (χ1v) is 12.9. The van der Waals surface area contributed by atoms with Crippen LogP contribution in [0.3, 0.4) is 0 Å². The molecule has 0 aliphatic carbocycles. The molecule has 0 amide bonds. The number of Topliss-reactive ketones (excluding diaryl/α,β-unsaturated/α-hetero) is 1. The average molecular weight is 493 g/mol. The van der Waals surface area contributed by atoms with E-state index >= 15 is 0 Å². The maximum absolute atomic E-state index is 13.2. The van der Waals surface area contributed by atoms with Crippen LogP contribution in [0.4, 0.5) is 4.39 Å². The molecule has 0 N–H and O–H groups in total. The van der Waals surface area contributed by atoms with Crippen molar-refractivity contribution in [3.05, 3.63) is 96.1 Å². The predicted octanol–water partition coefficient (Wildman–Crippen LogP) is 6.28. The summed E-state index contributed by atoms with van der Waals surface area (Å²) in [6, 6.07) is 23.5. The number of halogens is 1. The lowest BCUT2D eigenvalue weighted by Crippen LogP contribution is -2.05. The summed E-state index contributed by atoms with van der Waals surface area (Å²) in [5.74, 6) is 1.10. The highest BCUT2D eigenvalue weighted by Gasteiger charge is 2.17. The third kappa shape index (κ3) is 5.00. The van der Waals surface area contributed by atoms with Gasteiger partial charge in [-0.25, -0.2) is 9.37 Å². The molecule has 5 nitrogen and oxygen atoms in total. The van der Waals surface area contributed by atoms with Crippen molar-refractivity contribution in [1.82, 2.24) is 19.7 Å². The van der Waals surface area contributed by atoms with E-state index in [0.29, 0.717) is 16.5 Å². The molecular formula is C24H17FN4OS3. The zero-order valence-corrected chi connectivity index (χ0v) is 19.7. The molecule has 5 rings (SSSR count). The predicted molar refractivity (Wildman–Crippen MR) is 132 cm³/mol. The molecule has 0 radical (unpaired) electrons. The molecule has 164 valence electrons. The van der Waals surface area contributed by atoms with Crippen LogP contribution in [0.25, 0.3) is 15.9 Å². The van der Waals surface area contributed by atoms with Crippen LogP contribution in [0.5, 0.6) is 0 Å². The Balaban J connectivity index is 1.36. The van der Waals surface area contributed by atoms with Crippen LogP contribution in [0.2, 0.25) is 0 Å². The van der Waals surface area contributed by atoms with Crippen LogP contribution in [0.15, 0.2) is 88.4 Å². The molecule has 0 atom stereocenters. The minimum atomic E-state index is -0.363. The molecule has 0 unspecified atom stereocenters. The van der Waals surface area contributed by atoms with E-state index in [2.05, 4.69) is 21.2 Å². The number of carbonyl (C=O) groups is 1. The number of aromatic nitrogens is 4. The third-order valence-electron chi connectivity index (χ3n) is 4.81. The summed E-state index contributed by atoms with van der Waals surface area (Å²) < 4.78 is 17.3. The molecule has 9 heteroatoms. The SMILES string of the molecule is O=C(CSc1nnc(CSc2nc3ccccc3s2)n1-c1ccccc1)c1ccc(F)cc1. The fourth-order valence-electron chi connectivity index (χ4n) is 3.21. The quantitative estimate of drug-likeness (QED) is 0.188. The number of thiazole rings is 1. The molecule has 2 aromatic heterocycles. The maximum Gasteiger partial charge on any atom is 0.196 e. The van der Waals surface area contributed by atoms with Crippen molar-refractivity contribution in [2.45, 2.75) is 15.2 Å². The summed E-state index contributed by atoms with van der Waals surface area (Å²) in [6.07, 6.45) is 0. The standard InChI is InChI=1S/C24H17FN4OS3/c25-17-12-10-16(11-13-17)20(30)14-31-23-28-27-22(29(23)18-6-2-1-3-7-18)15-32-24-26-19-8-4-5-9-21(19)33-24/h1-13H,14-15H2. The van der Waals surface area contributed by atoms with Crippen molar-refractivity contribution in [2.75, 3.05) is 5.75 Å². The highest BCUT2D eigenvalue weighted by molar-refractivity contribution is 8.00. The van der Waals surface area contributed by atoms with E-state index in [1.807, 2.05) is 53.1 Å². The first kappa shape index (κ1) is 21.8. The minimum absolute atomic E-state index is 0.0898. The number of fused-ring (bicyclic) bond motifs is 1. The van der Waals surface area contributed by atoms with Gasteiger partial charge in [-0.3, -0.25) is 9.36 Å². The molecule has 0 fully saturated rings. The fraction of sp³-hybridized carbons (Fsp3) is 0.0833. The zero-order valence-electron chi connectivity index (χ0n) is 17.2. The minimum Gasteiger partial charge on any atom is -0.293 e. The van der Waals surface area contributed by atoms with Gasteiger partial charge in [0.1, 0.15) is 11.6 Å². The van der Waals surface area contributed by atoms with Crippen LogP contribution in [0, 0.1) is 5.82 Å². The third-order valence-corrected chi connectivity index (χ3v) is 7.92. The Kier molecular flexibility index (Phi) is 6.52. The highest BCUT2D eigenvalue weighted by Crippen LogP contribution is 2.32. The van der Waals surface area contributed by atoms with Gasteiger partial charge < -0.3 is 0 Å². The molecule has 3 aromatic carbocycles. The van der Waals surface area contributed by atoms with Crippen LogP contribution >= 0.6 is 34.9 Å². The Hall–Kier alpha value is -3.01. The van der Waals surface area contributed by atoms with Crippen molar-refractivity contribution in [2.24, 2.45) is 0 Å². The van der Waals surface area contributed by atoms with Crippen molar-refractivity contribution in [3.8, 4) is 5.69 Å². The smallest absolute Gasteiger partial charge is 0.196 e. The van der Waals surface area contributed by atoms with Crippen molar-refractivity contribution in [3.63, 3.8) is 0 Å². The van der Waals surface area contributed by atoms with Crippen molar-refractivity contribution >= 4 is 50.9 Å². The summed E-state index contributed by atoms with van der Waals surface area (Å²) in [5, 5.41) is 9.41. The molecule has 0 aliphatic heterocycles. The first-order chi connectivity index (χ1) is 16.2. The van der Waals surface area contributed by atoms with E-state index < -0.39 is 0 Å². The van der Waals surface area contributed by atoms with E-state index in [-0.39, 0.29) is 17.4 Å². The number of hydrogen-bond acceptors (Lipinski definition) is 7. The molecule has 2 heterocycles. The summed E-state index contributed by atoms with van der Waals surface area (Å²) >= 11 is 4.59. The van der Waals surface area contributed by atoms with Crippen LogP contribution < -0.4 is 0 Å². The second-order valence-corrected chi connectivity index (χ2v) is 10.2. The topological polar surface area (TPSA) is 60.7 Å². The number of nitrogens with zero attached hydrogens (tertiary/aromatic N) is 4. The van der Waals surface area contributed by atoms with Gasteiger partial charge in [-0.15, -0.1) is 21.5 Å². The molecule has 0 bridgehead atoms. The molecule has 0 saturated heterocycles. The number of para-hydroxylation sites is 2. The normalized spacial score (nSPS) is 11.2. The molecule has 0 aliphatic rings. The lowest BCUT2D eigenvalue weighted by Gasteiger charge is -2.09. The van der Waals surface area contributed by atoms with Gasteiger partial charge in [0.25, 0.3) is 0 Å². The summed E-state index contributed by atoms with van der Waals surface area (Å²) in [6.45, 7) is 0. The Bertz CT molecular complexity index is 1370. The van der Waals surface area contributed by atoms with E-state index in [9.17, 15) is 9.18 Å². The van der Waals surface area contributed by atoms with Gasteiger partial charge in [-0.1, -0.05) is 53.9 Å². The number of rotatable bonds is 8. The number of carbonyl (C=O) groups excluding carboxylic acids is 1. The molecule has 33 heavy (non-hydrogen) atoms. The zero-order chi connectivity index (χ0) is 22.6. The number of thioether (sulfide) groups is 2. The Morgan fingerprint density at radius 1 is 0.909 bits per heavy atom. The Morgan fingerprint density at radius 2 is 1.67 bits per heavy atom. The lowest BCUT2D eigenvalue weighted by atomic mass is 10.1. The number of ketones is 1. The Morgan fingerprint density at radius 3 is 2.45 bits per heavy atom. The van der Waals surface area contributed by atoms with Crippen LogP contribution in [0.1, 0.15) is 16.2 Å². The maximum atomic E-state index is 13.2. The first-order valence-electron chi connectivity index (χ1n) is 10.1. The van der Waals surface area contributed by atoms with Crippen molar-refractivity contribution < 1.29 is 9.18 Å². The van der Waals surface area contributed by atoms with Crippen LogP contribution in [-0.4, -0.2) is 31.3 Å². The molecule has 0 saturated carbocycles. The molecule has 5 aromatic rings. The fourth-order valence-corrected chi connectivity index (χ4v) is 6.06. The van der Waals surface area contributed by atoms with Gasteiger partial charge in [0.2, 0.25) is 0 Å². The van der Waals surface area contributed by atoms with E-state index in [1.54, 1.807) is 23.1 Å². The van der Waals surface area contributed by atoms with Gasteiger partial charge in [-0.2, -0.15) is 0 Å². The van der Waals surface area contributed by atoms with Crippen molar-refractivity contribution in [1.29, 1.82) is 0 Å². The van der Waals surface area contributed by atoms with Gasteiger partial charge in [-0.05, 0) is 48.5 Å². The number of benzene rings is 3. The second kappa shape index (κ2) is 9.86. The Labute approximate surface area is 202 Å².